The molecule has 0 unspecified atom stereocenters. The number of allylic oxidation sites excluding steroid dienone is 1. The largest absolute Gasteiger partial charge is 0.456 e. The minimum absolute atomic E-state index is 0.0530. The Hall–Kier alpha value is -4.00. The third-order valence-corrected chi connectivity index (χ3v) is 3.88. The van der Waals surface area contributed by atoms with Crippen LogP contribution in [0.1, 0.15) is 23.0 Å². The molecule has 0 saturated carbocycles. The Balaban J connectivity index is 1.74. The first-order valence-corrected chi connectivity index (χ1v) is 8.38. The molecule has 140 valence electrons. The van der Waals surface area contributed by atoms with E-state index in [2.05, 4.69) is 5.32 Å². The van der Waals surface area contributed by atoms with Crippen molar-refractivity contribution in [1.29, 1.82) is 0 Å². The van der Waals surface area contributed by atoms with Crippen molar-refractivity contribution >= 4 is 29.1 Å². The van der Waals surface area contributed by atoms with Crippen LogP contribution in [0.25, 0.3) is 17.4 Å². The predicted molar refractivity (Wildman–Crippen MR) is 105 cm³/mol. The highest BCUT2D eigenvalue weighted by atomic mass is 16.6. The molecule has 0 radical (unpaired) electrons. The van der Waals surface area contributed by atoms with E-state index in [9.17, 15) is 19.7 Å². The Morgan fingerprint density at radius 1 is 1.04 bits per heavy atom. The number of carbonyl (C=O) groups is 2. The van der Waals surface area contributed by atoms with E-state index in [0.29, 0.717) is 28.3 Å². The molecule has 7 nitrogen and oxygen atoms in total. The Labute approximate surface area is 160 Å². The molecule has 1 heterocycles. The minimum Gasteiger partial charge on any atom is -0.456 e. The lowest BCUT2D eigenvalue weighted by atomic mass is 10.1. The summed E-state index contributed by atoms with van der Waals surface area (Å²) in [6, 6.07) is 16.0. The number of ketones is 1. The van der Waals surface area contributed by atoms with Gasteiger partial charge in [-0.25, -0.2) is 0 Å². The number of nitrogens with zero attached hydrogens (tertiary/aromatic N) is 1. The molecule has 0 aliphatic carbocycles. The third-order valence-electron chi connectivity index (χ3n) is 3.88. The number of rotatable bonds is 6. The zero-order valence-electron chi connectivity index (χ0n) is 14.9. The number of hydrogen-bond acceptors (Lipinski definition) is 5. The van der Waals surface area contributed by atoms with Gasteiger partial charge in [0.15, 0.2) is 5.78 Å². The van der Waals surface area contributed by atoms with Crippen LogP contribution >= 0.6 is 0 Å². The zero-order valence-corrected chi connectivity index (χ0v) is 14.9. The molecule has 3 rings (SSSR count). The van der Waals surface area contributed by atoms with Crippen LogP contribution in [0.4, 0.5) is 11.4 Å². The van der Waals surface area contributed by atoms with E-state index < -0.39 is 4.92 Å². The second-order valence-electron chi connectivity index (χ2n) is 5.93. The van der Waals surface area contributed by atoms with Crippen LogP contribution < -0.4 is 5.32 Å². The first-order chi connectivity index (χ1) is 13.4. The number of nitrogens with one attached hydrogen (secondary N) is 1. The Kier molecular flexibility index (Phi) is 5.45. The maximum absolute atomic E-state index is 12.3. The third kappa shape index (κ3) is 4.39. The van der Waals surface area contributed by atoms with Gasteiger partial charge in [-0.1, -0.05) is 12.1 Å². The highest BCUT2D eigenvalue weighted by Crippen LogP contribution is 2.31. The normalized spacial score (nSPS) is 10.8. The molecule has 0 bridgehead atoms. The predicted octanol–water partition coefficient (Wildman–Crippen LogP) is 4.71. The summed E-state index contributed by atoms with van der Waals surface area (Å²) in [6.45, 7) is 1.41. The molecule has 3 aromatic rings. The smallest absolute Gasteiger partial charge is 0.280 e. The van der Waals surface area contributed by atoms with Gasteiger partial charge in [-0.3, -0.25) is 19.7 Å². The second-order valence-corrected chi connectivity index (χ2v) is 5.93. The fraction of sp³-hybridized carbons (Fsp3) is 0.0476. The summed E-state index contributed by atoms with van der Waals surface area (Å²) < 4.78 is 5.62. The van der Waals surface area contributed by atoms with Gasteiger partial charge in [0.2, 0.25) is 5.91 Å². The molecule has 1 N–H and O–H groups in total. The summed E-state index contributed by atoms with van der Waals surface area (Å²) in [6.07, 6.45) is 2.86. The van der Waals surface area contributed by atoms with Gasteiger partial charge in [-0.2, -0.15) is 0 Å². The van der Waals surface area contributed by atoms with Crippen LogP contribution in [0.3, 0.4) is 0 Å². The summed E-state index contributed by atoms with van der Waals surface area (Å²) >= 11 is 0. The number of anilines is 1. The van der Waals surface area contributed by atoms with Crippen LogP contribution in [0, 0.1) is 10.1 Å². The van der Waals surface area contributed by atoms with Crippen molar-refractivity contribution < 1.29 is 18.9 Å². The van der Waals surface area contributed by atoms with Gasteiger partial charge in [0, 0.05) is 24.2 Å². The maximum Gasteiger partial charge on any atom is 0.280 e. The SMILES string of the molecule is CC(=O)Nc1ccc(C(=O)C=Cc2ccc(-c3ccccc3[N+](=O)[O-])o2)cc1. The average molecular weight is 376 g/mol. The van der Waals surface area contributed by atoms with Crippen molar-refractivity contribution in [3.63, 3.8) is 0 Å². The molecule has 0 aliphatic heterocycles. The summed E-state index contributed by atoms with van der Waals surface area (Å²) in [4.78, 5) is 34.0. The molecule has 7 heteroatoms. The lowest BCUT2D eigenvalue weighted by Crippen LogP contribution is -2.05. The van der Waals surface area contributed by atoms with Crippen molar-refractivity contribution in [1.82, 2.24) is 0 Å². The number of carbonyl (C=O) groups excluding carboxylic acids is 2. The van der Waals surface area contributed by atoms with E-state index in [1.807, 2.05) is 0 Å². The number of amides is 1. The van der Waals surface area contributed by atoms with E-state index in [1.165, 1.54) is 25.1 Å². The molecule has 0 fully saturated rings. The maximum atomic E-state index is 12.3. The number of nitro groups is 1. The van der Waals surface area contributed by atoms with Gasteiger partial charge in [0.05, 0.1) is 10.5 Å². The Morgan fingerprint density at radius 2 is 1.75 bits per heavy atom. The summed E-state index contributed by atoms with van der Waals surface area (Å²) in [5.74, 6) is 0.319. The minimum atomic E-state index is -0.471. The molecule has 1 amide bonds. The van der Waals surface area contributed by atoms with Gasteiger partial charge in [-0.05, 0) is 54.6 Å². The summed E-state index contributed by atoms with van der Waals surface area (Å²) in [5.41, 5.74) is 1.37. The average Bonchev–Trinajstić information content (AvgIpc) is 3.15. The second kappa shape index (κ2) is 8.13. The molecular weight excluding hydrogens is 360 g/mol. The van der Waals surface area contributed by atoms with Crippen molar-refractivity contribution in [2.75, 3.05) is 5.32 Å². The fourth-order valence-corrected chi connectivity index (χ4v) is 2.60. The standard InChI is InChI=1S/C21H16N2O5/c1-14(24)22-16-8-6-15(7-9-16)20(25)12-10-17-11-13-21(28-17)18-4-2-3-5-19(18)23(26)27/h2-13H,1H3,(H,22,24). The van der Waals surface area contributed by atoms with Crippen LogP contribution in [-0.4, -0.2) is 16.6 Å². The van der Waals surface area contributed by atoms with Crippen LogP contribution in [0.15, 0.2) is 71.2 Å². The van der Waals surface area contributed by atoms with Crippen LogP contribution in [0.5, 0.6) is 0 Å². The number of para-hydroxylation sites is 1. The van der Waals surface area contributed by atoms with Crippen molar-refractivity contribution in [3.8, 4) is 11.3 Å². The molecule has 0 atom stereocenters. The molecule has 0 saturated heterocycles. The monoisotopic (exact) mass is 376 g/mol. The van der Waals surface area contributed by atoms with Gasteiger partial charge < -0.3 is 9.73 Å². The number of benzene rings is 2. The van der Waals surface area contributed by atoms with E-state index in [-0.39, 0.29) is 17.4 Å². The lowest BCUT2D eigenvalue weighted by Gasteiger charge is -2.02. The topological polar surface area (TPSA) is 102 Å². The Bertz CT molecular complexity index is 1060. The van der Waals surface area contributed by atoms with Crippen molar-refractivity contribution in [3.05, 3.63) is 88.2 Å². The zero-order chi connectivity index (χ0) is 20.1. The quantitative estimate of drug-likeness (QED) is 0.290. The van der Waals surface area contributed by atoms with E-state index in [1.54, 1.807) is 54.6 Å². The number of furan rings is 1. The van der Waals surface area contributed by atoms with Gasteiger partial charge in [-0.15, -0.1) is 0 Å². The van der Waals surface area contributed by atoms with Gasteiger partial charge in [0.25, 0.3) is 5.69 Å². The summed E-state index contributed by atoms with van der Waals surface area (Å²) in [5, 5.41) is 13.8. The summed E-state index contributed by atoms with van der Waals surface area (Å²) in [7, 11) is 0. The van der Waals surface area contributed by atoms with E-state index >= 15 is 0 Å². The fourth-order valence-electron chi connectivity index (χ4n) is 2.60. The first-order valence-electron chi connectivity index (χ1n) is 8.38. The highest BCUT2D eigenvalue weighted by Gasteiger charge is 2.16. The number of nitro benzene ring substituents is 1. The number of hydrogen-bond donors (Lipinski definition) is 1. The van der Waals surface area contributed by atoms with Crippen LogP contribution in [0.2, 0.25) is 0 Å². The molecule has 2 aromatic carbocycles. The molecule has 1 aromatic heterocycles. The van der Waals surface area contributed by atoms with Gasteiger partial charge >= 0.3 is 0 Å². The van der Waals surface area contributed by atoms with Crippen molar-refractivity contribution in [2.24, 2.45) is 0 Å². The molecule has 0 spiro atoms. The van der Waals surface area contributed by atoms with Crippen LogP contribution in [-0.2, 0) is 4.79 Å². The van der Waals surface area contributed by atoms with Gasteiger partial charge in [0.1, 0.15) is 11.5 Å². The first kappa shape index (κ1) is 18.8. The van der Waals surface area contributed by atoms with Crippen molar-refractivity contribution in [2.45, 2.75) is 6.92 Å². The van der Waals surface area contributed by atoms with E-state index in [4.69, 9.17) is 4.42 Å². The Morgan fingerprint density at radius 3 is 2.43 bits per heavy atom. The van der Waals surface area contributed by atoms with E-state index in [0.717, 1.165) is 0 Å². The molecular formula is C21H16N2O5. The lowest BCUT2D eigenvalue weighted by molar-refractivity contribution is -0.384. The molecule has 28 heavy (non-hydrogen) atoms. The highest BCUT2D eigenvalue weighted by molar-refractivity contribution is 6.07. The molecule has 0 aliphatic rings.